The van der Waals surface area contributed by atoms with Crippen molar-refractivity contribution in [2.24, 2.45) is 0 Å². The summed E-state index contributed by atoms with van der Waals surface area (Å²) in [6.45, 7) is 10.7. The van der Waals surface area contributed by atoms with Gasteiger partial charge < -0.3 is 10.0 Å². The Morgan fingerprint density at radius 3 is 2.28 bits per heavy atom. The molecule has 1 aliphatic heterocycles. The van der Waals surface area contributed by atoms with E-state index in [-0.39, 0.29) is 6.10 Å². The molecule has 1 heterocycles. The molecule has 0 radical (unpaired) electrons. The predicted octanol–water partition coefficient (Wildman–Crippen LogP) is 2.27. The van der Waals surface area contributed by atoms with Crippen LogP contribution in [0.4, 0.5) is 5.69 Å². The fraction of sp³-hybridized carbons (Fsp3) is 0.600. The molecular weight excluding hydrogens is 224 g/mol. The van der Waals surface area contributed by atoms with E-state index in [0.717, 1.165) is 31.7 Å². The van der Waals surface area contributed by atoms with Gasteiger partial charge >= 0.3 is 0 Å². The number of anilines is 1. The summed E-state index contributed by atoms with van der Waals surface area (Å²) in [4.78, 5) is 4.92. The average Bonchev–Trinajstić information content (AvgIpc) is 2.39. The van der Waals surface area contributed by atoms with E-state index in [1.807, 2.05) is 19.1 Å². The molecular formula is C15H24N2O. The van der Waals surface area contributed by atoms with Crippen molar-refractivity contribution in [2.45, 2.75) is 32.9 Å². The molecule has 1 unspecified atom stereocenters. The van der Waals surface area contributed by atoms with Gasteiger partial charge in [0.25, 0.3) is 0 Å². The largest absolute Gasteiger partial charge is 0.389 e. The molecule has 1 N–H and O–H groups in total. The molecule has 0 amide bonds. The van der Waals surface area contributed by atoms with Crippen LogP contribution in [0.3, 0.4) is 0 Å². The van der Waals surface area contributed by atoms with E-state index >= 15 is 0 Å². The first kappa shape index (κ1) is 13.4. The highest BCUT2D eigenvalue weighted by molar-refractivity contribution is 5.49. The number of aliphatic hydroxyl groups is 1. The Labute approximate surface area is 110 Å². The fourth-order valence-corrected chi connectivity index (χ4v) is 2.48. The van der Waals surface area contributed by atoms with Gasteiger partial charge in [0.1, 0.15) is 0 Å². The minimum atomic E-state index is -0.387. The van der Waals surface area contributed by atoms with Crippen molar-refractivity contribution in [1.82, 2.24) is 4.90 Å². The zero-order valence-corrected chi connectivity index (χ0v) is 11.6. The smallest absolute Gasteiger partial charge is 0.0762 e. The highest BCUT2D eigenvalue weighted by Gasteiger charge is 2.19. The highest BCUT2D eigenvalue weighted by Crippen LogP contribution is 2.22. The molecule has 100 valence electrons. The van der Waals surface area contributed by atoms with Gasteiger partial charge in [0.05, 0.1) is 6.10 Å². The molecule has 1 atom stereocenters. The quantitative estimate of drug-likeness (QED) is 0.889. The van der Waals surface area contributed by atoms with Gasteiger partial charge in [-0.05, 0) is 38.5 Å². The van der Waals surface area contributed by atoms with Gasteiger partial charge in [-0.3, -0.25) is 4.90 Å². The Morgan fingerprint density at radius 2 is 1.72 bits per heavy atom. The average molecular weight is 248 g/mol. The van der Waals surface area contributed by atoms with E-state index in [0.29, 0.717) is 6.04 Å². The number of nitrogens with zero attached hydrogens (tertiary/aromatic N) is 2. The molecule has 0 saturated carbocycles. The second-order valence-electron chi connectivity index (χ2n) is 5.39. The number of hydrogen-bond donors (Lipinski definition) is 1. The molecule has 3 nitrogen and oxygen atoms in total. The lowest BCUT2D eigenvalue weighted by Gasteiger charge is -2.38. The second-order valence-corrected chi connectivity index (χ2v) is 5.39. The summed E-state index contributed by atoms with van der Waals surface area (Å²) in [5, 5.41) is 9.63. The highest BCUT2D eigenvalue weighted by atomic mass is 16.3. The van der Waals surface area contributed by atoms with E-state index in [2.05, 4.69) is 35.8 Å². The van der Waals surface area contributed by atoms with E-state index in [1.54, 1.807) is 0 Å². The second kappa shape index (κ2) is 5.72. The maximum atomic E-state index is 9.63. The van der Waals surface area contributed by atoms with Gasteiger partial charge in [0.15, 0.2) is 0 Å². The summed E-state index contributed by atoms with van der Waals surface area (Å²) in [6, 6.07) is 8.90. The summed E-state index contributed by atoms with van der Waals surface area (Å²) in [5.41, 5.74) is 2.23. The molecule has 0 aliphatic carbocycles. The van der Waals surface area contributed by atoms with E-state index < -0.39 is 0 Å². The first-order valence-electron chi connectivity index (χ1n) is 6.85. The van der Waals surface area contributed by atoms with Crippen LogP contribution in [-0.4, -0.2) is 42.2 Å². The number of aliphatic hydroxyl groups excluding tert-OH is 1. The molecule has 1 aromatic carbocycles. The van der Waals surface area contributed by atoms with Gasteiger partial charge in [0, 0.05) is 37.9 Å². The maximum absolute atomic E-state index is 9.63. The topological polar surface area (TPSA) is 26.7 Å². The molecule has 18 heavy (non-hydrogen) atoms. The van der Waals surface area contributed by atoms with Gasteiger partial charge in [-0.15, -0.1) is 0 Å². The Morgan fingerprint density at radius 1 is 1.06 bits per heavy atom. The van der Waals surface area contributed by atoms with Crippen LogP contribution in [0.2, 0.25) is 0 Å². The Balaban J connectivity index is 2.03. The summed E-state index contributed by atoms with van der Waals surface area (Å²) < 4.78 is 0. The third-order valence-electron chi connectivity index (χ3n) is 3.76. The lowest BCUT2D eigenvalue weighted by atomic mass is 10.1. The number of rotatable bonds is 3. The third kappa shape index (κ3) is 3.03. The molecule has 0 spiro atoms. The third-order valence-corrected chi connectivity index (χ3v) is 3.76. The molecule has 0 aromatic heterocycles. The lowest BCUT2D eigenvalue weighted by Crippen LogP contribution is -2.48. The summed E-state index contributed by atoms with van der Waals surface area (Å²) >= 11 is 0. The standard InChI is InChI=1S/C15H24N2O/c1-12(2)16-7-9-17(10-8-16)15-6-4-5-14(11-15)13(3)18/h4-6,11-13,18H,7-10H2,1-3H3. The molecule has 1 aliphatic rings. The van der Waals surface area contributed by atoms with Crippen molar-refractivity contribution in [3.63, 3.8) is 0 Å². The van der Waals surface area contributed by atoms with Gasteiger partial charge in [0.2, 0.25) is 0 Å². The Bertz CT molecular complexity index is 382. The van der Waals surface area contributed by atoms with Crippen LogP contribution in [0.25, 0.3) is 0 Å². The van der Waals surface area contributed by atoms with Crippen LogP contribution in [-0.2, 0) is 0 Å². The zero-order chi connectivity index (χ0) is 13.1. The van der Waals surface area contributed by atoms with Crippen molar-refractivity contribution in [3.8, 4) is 0 Å². The van der Waals surface area contributed by atoms with Crippen molar-refractivity contribution in [1.29, 1.82) is 0 Å². The van der Waals surface area contributed by atoms with Crippen LogP contribution < -0.4 is 4.90 Å². The lowest BCUT2D eigenvalue weighted by molar-refractivity contribution is 0.199. The van der Waals surface area contributed by atoms with Crippen molar-refractivity contribution >= 4 is 5.69 Å². The fourth-order valence-electron chi connectivity index (χ4n) is 2.48. The van der Waals surface area contributed by atoms with Crippen LogP contribution >= 0.6 is 0 Å². The van der Waals surface area contributed by atoms with Crippen molar-refractivity contribution < 1.29 is 5.11 Å². The van der Waals surface area contributed by atoms with Crippen molar-refractivity contribution in [2.75, 3.05) is 31.1 Å². The first-order chi connectivity index (χ1) is 8.58. The summed E-state index contributed by atoms with van der Waals surface area (Å²) in [5.74, 6) is 0. The van der Waals surface area contributed by atoms with E-state index in [4.69, 9.17) is 0 Å². The zero-order valence-electron chi connectivity index (χ0n) is 11.6. The molecule has 3 heteroatoms. The first-order valence-corrected chi connectivity index (χ1v) is 6.85. The monoisotopic (exact) mass is 248 g/mol. The SMILES string of the molecule is CC(O)c1cccc(N2CCN(C(C)C)CC2)c1. The van der Waals surface area contributed by atoms with Gasteiger partial charge in [-0.2, -0.15) is 0 Å². The van der Waals surface area contributed by atoms with Gasteiger partial charge in [-0.1, -0.05) is 12.1 Å². The normalized spacial score (nSPS) is 19.3. The van der Waals surface area contributed by atoms with Crippen LogP contribution in [0.5, 0.6) is 0 Å². The van der Waals surface area contributed by atoms with E-state index in [9.17, 15) is 5.11 Å². The van der Waals surface area contributed by atoms with Gasteiger partial charge in [-0.25, -0.2) is 0 Å². The summed E-state index contributed by atoms with van der Waals surface area (Å²) in [6.07, 6.45) is -0.387. The number of piperazine rings is 1. The Hall–Kier alpha value is -1.06. The van der Waals surface area contributed by atoms with E-state index in [1.165, 1.54) is 5.69 Å². The molecule has 2 rings (SSSR count). The molecule has 1 fully saturated rings. The van der Waals surface area contributed by atoms with Crippen LogP contribution in [0, 0.1) is 0 Å². The summed E-state index contributed by atoms with van der Waals surface area (Å²) in [7, 11) is 0. The molecule has 1 aromatic rings. The van der Waals surface area contributed by atoms with Crippen LogP contribution in [0.15, 0.2) is 24.3 Å². The minimum Gasteiger partial charge on any atom is -0.389 e. The number of benzene rings is 1. The maximum Gasteiger partial charge on any atom is 0.0762 e. The molecule has 0 bridgehead atoms. The molecule has 1 saturated heterocycles. The van der Waals surface area contributed by atoms with Crippen LogP contribution in [0.1, 0.15) is 32.4 Å². The Kier molecular flexibility index (Phi) is 4.25. The predicted molar refractivity (Wildman–Crippen MR) is 76.0 cm³/mol. The number of hydrogen-bond acceptors (Lipinski definition) is 3. The van der Waals surface area contributed by atoms with Crippen molar-refractivity contribution in [3.05, 3.63) is 29.8 Å². The minimum absolute atomic E-state index is 0.387.